The van der Waals surface area contributed by atoms with Gasteiger partial charge in [0.05, 0.1) is 25.9 Å². The van der Waals surface area contributed by atoms with Gasteiger partial charge in [-0.05, 0) is 29.1 Å². The number of aliphatic hydroxyl groups is 3. The molecule has 29 heavy (non-hydrogen) atoms. The number of benzene rings is 2. The van der Waals surface area contributed by atoms with Crippen LogP contribution in [-0.4, -0.2) is 52.5 Å². The maximum absolute atomic E-state index is 10.5. The van der Waals surface area contributed by atoms with Gasteiger partial charge in [0.1, 0.15) is 23.7 Å². The summed E-state index contributed by atoms with van der Waals surface area (Å²) in [7, 11) is 1.54. The number of aliphatic hydroxyl groups excluding tert-OH is 3. The van der Waals surface area contributed by atoms with Gasteiger partial charge in [-0.15, -0.1) is 11.3 Å². The van der Waals surface area contributed by atoms with Crippen LogP contribution in [0.2, 0.25) is 0 Å². The predicted molar refractivity (Wildman–Crippen MR) is 111 cm³/mol. The van der Waals surface area contributed by atoms with E-state index in [9.17, 15) is 20.4 Å². The SMILES string of the molecule is COc1cc(O)c([C@@H]2O[C@H](CO)C[C@H](O)C2O)cc1Cc1cc2ccccc2s1. The van der Waals surface area contributed by atoms with Crippen molar-refractivity contribution in [3.05, 3.63) is 58.5 Å². The first kappa shape index (κ1) is 20.1. The van der Waals surface area contributed by atoms with Crippen LogP contribution in [0.5, 0.6) is 11.5 Å². The maximum atomic E-state index is 10.5. The molecule has 0 amide bonds. The van der Waals surface area contributed by atoms with Gasteiger partial charge in [-0.3, -0.25) is 0 Å². The van der Waals surface area contributed by atoms with Crippen molar-refractivity contribution >= 4 is 21.4 Å². The summed E-state index contributed by atoms with van der Waals surface area (Å²) in [6.45, 7) is -0.272. The maximum Gasteiger partial charge on any atom is 0.126 e. The molecule has 1 unspecified atom stereocenters. The van der Waals surface area contributed by atoms with Crippen molar-refractivity contribution in [1.82, 2.24) is 0 Å². The first-order chi connectivity index (χ1) is 14.0. The Bertz CT molecular complexity index is 967. The molecule has 2 aromatic carbocycles. The van der Waals surface area contributed by atoms with E-state index in [2.05, 4.69) is 18.2 Å². The quantitative estimate of drug-likeness (QED) is 0.511. The Balaban J connectivity index is 1.70. The molecule has 6 nitrogen and oxygen atoms in total. The number of fused-ring (bicyclic) bond motifs is 1. The van der Waals surface area contributed by atoms with Crippen molar-refractivity contribution in [3.8, 4) is 11.5 Å². The van der Waals surface area contributed by atoms with Gasteiger partial charge in [-0.25, -0.2) is 0 Å². The normalized spacial score (nSPS) is 24.7. The number of ether oxygens (including phenoxy) is 2. The molecule has 3 aromatic rings. The summed E-state index contributed by atoms with van der Waals surface area (Å²) in [4.78, 5) is 1.14. The highest BCUT2D eigenvalue weighted by Gasteiger charge is 2.39. The molecule has 2 heterocycles. The Labute approximate surface area is 172 Å². The van der Waals surface area contributed by atoms with Crippen LogP contribution in [0, 0.1) is 0 Å². The molecule has 154 valence electrons. The van der Waals surface area contributed by atoms with Crippen LogP contribution >= 0.6 is 11.3 Å². The highest BCUT2D eigenvalue weighted by atomic mass is 32.1. The van der Waals surface area contributed by atoms with Gasteiger partial charge in [0, 0.05) is 34.0 Å². The third-order valence-electron chi connectivity index (χ3n) is 5.33. The fourth-order valence-corrected chi connectivity index (χ4v) is 4.92. The molecule has 7 heteroatoms. The molecule has 4 atom stereocenters. The Kier molecular flexibility index (Phi) is 5.76. The molecule has 1 saturated heterocycles. The number of hydrogen-bond acceptors (Lipinski definition) is 7. The average Bonchev–Trinajstić information content (AvgIpc) is 3.13. The van der Waals surface area contributed by atoms with E-state index < -0.39 is 24.4 Å². The Morgan fingerprint density at radius 3 is 2.69 bits per heavy atom. The average molecular weight is 416 g/mol. The number of rotatable bonds is 5. The van der Waals surface area contributed by atoms with Crippen molar-refractivity contribution < 1.29 is 29.9 Å². The van der Waals surface area contributed by atoms with Crippen molar-refractivity contribution in [1.29, 1.82) is 0 Å². The standard InChI is InChI=1S/C22H24O6S/c1-27-19-10-17(24)16(22-21(26)18(25)9-14(11-23)28-22)8-13(19)7-15-6-12-4-2-3-5-20(12)29-15/h2-6,8,10,14,18,21-26H,7,9,11H2,1H3/t14-,18-,21?,22-/m0/s1. The zero-order valence-electron chi connectivity index (χ0n) is 16.0. The van der Waals surface area contributed by atoms with Gasteiger partial charge in [0.25, 0.3) is 0 Å². The summed E-state index contributed by atoms with van der Waals surface area (Å²) in [6, 6.07) is 13.5. The number of phenolic OH excluding ortho intramolecular Hbond substituents is 1. The second-order valence-corrected chi connectivity index (χ2v) is 8.47. The molecular weight excluding hydrogens is 392 g/mol. The van der Waals surface area contributed by atoms with Crippen LogP contribution < -0.4 is 4.74 Å². The van der Waals surface area contributed by atoms with Crippen LogP contribution in [0.25, 0.3) is 10.1 Å². The summed E-state index contributed by atoms with van der Waals surface area (Å²) in [6.07, 6.45) is -3.06. The summed E-state index contributed by atoms with van der Waals surface area (Å²) >= 11 is 1.69. The molecule has 0 radical (unpaired) electrons. The number of aromatic hydroxyl groups is 1. The van der Waals surface area contributed by atoms with E-state index in [1.54, 1.807) is 24.5 Å². The van der Waals surface area contributed by atoms with Gasteiger partial charge < -0.3 is 29.9 Å². The van der Waals surface area contributed by atoms with E-state index in [0.717, 1.165) is 10.4 Å². The molecular formula is C22H24O6S. The Morgan fingerprint density at radius 1 is 1.17 bits per heavy atom. The molecule has 0 spiro atoms. The minimum absolute atomic E-state index is 0.0863. The second-order valence-electron chi connectivity index (χ2n) is 7.31. The molecule has 1 aliphatic heterocycles. The first-order valence-corrected chi connectivity index (χ1v) is 10.3. The van der Waals surface area contributed by atoms with Crippen molar-refractivity contribution in [2.75, 3.05) is 13.7 Å². The van der Waals surface area contributed by atoms with Crippen molar-refractivity contribution in [2.24, 2.45) is 0 Å². The van der Waals surface area contributed by atoms with Crippen LogP contribution in [0.15, 0.2) is 42.5 Å². The summed E-state index contributed by atoms with van der Waals surface area (Å²) in [5.74, 6) is 0.449. The lowest BCUT2D eigenvalue weighted by molar-refractivity contribution is -0.180. The molecule has 4 N–H and O–H groups in total. The van der Waals surface area contributed by atoms with E-state index >= 15 is 0 Å². The fourth-order valence-electron chi connectivity index (χ4n) is 3.83. The van der Waals surface area contributed by atoms with Gasteiger partial charge in [-0.1, -0.05) is 18.2 Å². The van der Waals surface area contributed by atoms with Crippen LogP contribution in [0.1, 0.15) is 28.5 Å². The van der Waals surface area contributed by atoms with Crippen molar-refractivity contribution in [3.63, 3.8) is 0 Å². The Hall–Kier alpha value is -2.16. The first-order valence-electron chi connectivity index (χ1n) is 9.49. The van der Waals surface area contributed by atoms with Crippen LogP contribution in [0.4, 0.5) is 0 Å². The van der Waals surface area contributed by atoms with Gasteiger partial charge in [0.15, 0.2) is 0 Å². The number of methoxy groups -OCH3 is 1. The third kappa shape index (κ3) is 3.97. The zero-order chi connectivity index (χ0) is 20.5. The van der Waals surface area contributed by atoms with E-state index in [4.69, 9.17) is 9.47 Å². The molecule has 0 bridgehead atoms. The lowest BCUT2D eigenvalue weighted by Crippen LogP contribution is -2.44. The minimum atomic E-state index is -1.20. The molecule has 1 aliphatic rings. The molecule has 0 saturated carbocycles. The van der Waals surface area contributed by atoms with Gasteiger partial charge in [0.2, 0.25) is 0 Å². The van der Waals surface area contributed by atoms with Gasteiger partial charge in [-0.2, -0.15) is 0 Å². The van der Waals surface area contributed by atoms with E-state index in [1.165, 1.54) is 16.2 Å². The molecule has 0 aliphatic carbocycles. The number of phenols is 1. The molecule has 1 fully saturated rings. The van der Waals surface area contributed by atoms with E-state index in [-0.39, 0.29) is 18.8 Å². The number of thiophene rings is 1. The predicted octanol–water partition coefficient (Wildman–Crippen LogP) is 2.75. The van der Waals surface area contributed by atoms with E-state index in [0.29, 0.717) is 17.7 Å². The Morgan fingerprint density at radius 2 is 1.97 bits per heavy atom. The largest absolute Gasteiger partial charge is 0.507 e. The van der Waals surface area contributed by atoms with E-state index in [1.807, 2.05) is 12.1 Å². The van der Waals surface area contributed by atoms with Crippen molar-refractivity contribution in [2.45, 2.75) is 37.3 Å². The summed E-state index contributed by atoms with van der Waals surface area (Å²) in [5, 5.41) is 41.7. The monoisotopic (exact) mass is 416 g/mol. The molecule has 1 aromatic heterocycles. The fraction of sp³-hybridized carbons (Fsp3) is 0.364. The number of hydrogen-bond donors (Lipinski definition) is 4. The highest BCUT2D eigenvalue weighted by molar-refractivity contribution is 7.19. The summed E-state index contributed by atoms with van der Waals surface area (Å²) in [5.41, 5.74) is 1.20. The smallest absolute Gasteiger partial charge is 0.126 e. The van der Waals surface area contributed by atoms with Crippen LogP contribution in [-0.2, 0) is 11.2 Å². The zero-order valence-corrected chi connectivity index (χ0v) is 16.8. The second kappa shape index (κ2) is 8.30. The lowest BCUT2D eigenvalue weighted by Gasteiger charge is -2.37. The molecule has 4 rings (SSSR count). The minimum Gasteiger partial charge on any atom is -0.507 e. The highest BCUT2D eigenvalue weighted by Crippen LogP contribution is 2.40. The summed E-state index contributed by atoms with van der Waals surface area (Å²) < 4.78 is 12.4. The van der Waals surface area contributed by atoms with Crippen LogP contribution in [0.3, 0.4) is 0 Å². The lowest BCUT2D eigenvalue weighted by atomic mass is 9.91. The topological polar surface area (TPSA) is 99.4 Å². The van der Waals surface area contributed by atoms with Gasteiger partial charge >= 0.3 is 0 Å². The third-order valence-corrected chi connectivity index (χ3v) is 6.45.